The molecule has 0 radical (unpaired) electrons. The van der Waals surface area contributed by atoms with Gasteiger partial charge in [0.25, 0.3) is 0 Å². The van der Waals surface area contributed by atoms with E-state index in [9.17, 15) is 13.2 Å². The number of para-hydroxylation sites is 1. The summed E-state index contributed by atoms with van der Waals surface area (Å²) in [6, 6.07) is 7.18. The van der Waals surface area contributed by atoms with Crippen LogP contribution in [0.1, 0.15) is 5.56 Å². The number of aryl methyl sites for hydroxylation is 1. The van der Waals surface area contributed by atoms with Gasteiger partial charge in [-0.15, -0.1) is 0 Å². The Morgan fingerprint density at radius 2 is 1.88 bits per heavy atom. The number of pyridine rings is 1. The molecule has 1 aromatic carbocycles. The van der Waals surface area contributed by atoms with Crippen LogP contribution in [0.2, 0.25) is 0 Å². The van der Waals surface area contributed by atoms with E-state index < -0.39 is 10.0 Å². The second kappa shape index (κ2) is 7.30. The number of hydrogen-bond donors (Lipinski definition) is 0. The van der Waals surface area contributed by atoms with Gasteiger partial charge < -0.3 is 4.90 Å². The number of amides is 1. The van der Waals surface area contributed by atoms with Crippen molar-refractivity contribution in [3.05, 3.63) is 36.0 Å². The number of benzene rings is 1. The number of piperazine rings is 1. The van der Waals surface area contributed by atoms with Gasteiger partial charge >= 0.3 is 0 Å². The second-order valence-corrected chi connectivity index (χ2v) is 8.72. The lowest BCUT2D eigenvalue weighted by molar-refractivity contribution is -0.130. The zero-order valence-corrected chi connectivity index (χ0v) is 16.2. The minimum absolute atomic E-state index is 0.0231. The standard InChI is InChI=1S/C18H24N4O3S/c1-14-11-15-5-4-6-16(18(15)19-12-14)26(24,25)22-9-7-21(8-10-22)13-17(23)20(2)3/h4-6,11-12H,7-10,13H2,1-3H3. The molecule has 0 saturated carbocycles. The summed E-state index contributed by atoms with van der Waals surface area (Å²) in [5.41, 5.74) is 1.49. The molecule has 26 heavy (non-hydrogen) atoms. The molecule has 8 heteroatoms. The van der Waals surface area contributed by atoms with Gasteiger partial charge in [0.15, 0.2) is 0 Å². The molecule has 0 bridgehead atoms. The fourth-order valence-electron chi connectivity index (χ4n) is 3.05. The van der Waals surface area contributed by atoms with Gasteiger partial charge in [-0.3, -0.25) is 14.7 Å². The summed E-state index contributed by atoms with van der Waals surface area (Å²) in [6.07, 6.45) is 1.69. The fourth-order valence-corrected chi connectivity index (χ4v) is 4.64. The Hall–Kier alpha value is -2.03. The largest absolute Gasteiger partial charge is 0.348 e. The summed E-state index contributed by atoms with van der Waals surface area (Å²) in [4.78, 5) is 20.0. The lowest BCUT2D eigenvalue weighted by atomic mass is 10.2. The van der Waals surface area contributed by atoms with Crippen molar-refractivity contribution in [1.29, 1.82) is 0 Å². The van der Waals surface area contributed by atoms with Crippen LogP contribution < -0.4 is 0 Å². The molecule has 2 heterocycles. The molecule has 3 rings (SSSR count). The van der Waals surface area contributed by atoms with E-state index in [1.807, 2.05) is 24.0 Å². The monoisotopic (exact) mass is 376 g/mol. The first-order chi connectivity index (χ1) is 12.3. The molecule has 1 saturated heterocycles. The van der Waals surface area contributed by atoms with E-state index in [-0.39, 0.29) is 10.8 Å². The molecular formula is C18H24N4O3S. The summed E-state index contributed by atoms with van der Waals surface area (Å²) in [7, 11) is -0.180. The molecule has 2 aromatic rings. The van der Waals surface area contributed by atoms with Crippen molar-refractivity contribution in [3.63, 3.8) is 0 Å². The summed E-state index contributed by atoms with van der Waals surface area (Å²) in [5.74, 6) is 0.0231. The number of rotatable bonds is 4. The summed E-state index contributed by atoms with van der Waals surface area (Å²) in [6.45, 7) is 4.06. The molecule has 1 amide bonds. The maximum Gasteiger partial charge on any atom is 0.245 e. The maximum atomic E-state index is 13.1. The number of carbonyl (C=O) groups excluding carboxylic acids is 1. The van der Waals surface area contributed by atoms with Crippen LogP contribution in [0.4, 0.5) is 0 Å². The van der Waals surface area contributed by atoms with E-state index in [0.29, 0.717) is 38.2 Å². The number of likely N-dealkylation sites (N-methyl/N-ethyl adjacent to an activating group) is 1. The molecule has 7 nitrogen and oxygen atoms in total. The van der Waals surface area contributed by atoms with Gasteiger partial charge in [-0.1, -0.05) is 12.1 Å². The van der Waals surface area contributed by atoms with Crippen LogP contribution in [0, 0.1) is 6.92 Å². The average Bonchev–Trinajstić information content (AvgIpc) is 2.61. The molecule has 0 aliphatic carbocycles. The van der Waals surface area contributed by atoms with Crippen LogP contribution in [0.5, 0.6) is 0 Å². The lowest BCUT2D eigenvalue weighted by Gasteiger charge is -2.34. The fraction of sp³-hybridized carbons (Fsp3) is 0.444. The molecule has 1 aliphatic rings. The molecule has 0 spiro atoms. The summed E-state index contributed by atoms with van der Waals surface area (Å²) < 4.78 is 27.7. The van der Waals surface area contributed by atoms with Crippen LogP contribution in [0.25, 0.3) is 10.9 Å². The number of aromatic nitrogens is 1. The normalized spacial score (nSPS) is 16.7. The summed E-state index contributed by atoms with van der Waals surface area (Å²) >= 11 is 0. The minimum Gasteiger partial charge on any atom is -0.348 e. The zero-order chi connectivity index (χ0) is 18.9. The third-order valence-electron chi connectivity index (χ3n) is 4.62. The van der Waals surface area contributed by atoms with Gasteiger partial charge in [-0.05, 0) is 24.6 Å². The third kappa shape index (κ3) is 3.72. The van der Waals surface area contributed by atoms with Crippen LogP contribution in [0.3, 0.4) is 0 Å². The Labute approximate surface area is 154 Å². The van der Waals surface area contributed by atoms with Gasteiger partial charge in [-0.2, -0.15) is 4.31 Å². The number of carbonyl (C=O) groups is 1. The van der Waals surface area contributed by atoms with Gasteiger partial charge in [0, 0.05) is 51.9 Å². The molecule has 1 aliphatic heterocycles. The van der Waals surface area contributed by atoms with E-state index in [0.717, 1.165) is 10.9 Å². The van der Waals surface area contributed by atoms with E-state index in [2.05, 4.69) is 4.98 Å². The number of nitrogens with zero attached hydrogens (tertiary/aromatic N) is 4. The van der Waals surface area contributed by atoms with Crippen molar-refractivity contribution >= 4 is 26.8 Å². The van der Waals surface area contributed by atoms with Crippen LogP contribution in [0.15, 0.2) is 35.4 Å². The molecule has 1 aromatic heterocycles. The highest BCUT2D eigenvalue weighted by atomic mass is 32.2. The highest BCUT2D eigenvalue weighted by molar-refractivity contribution is 7.89. The van der Waals surface area contributed by atoms with Crippen molar-refractivity contribution in [2.24, 2.45) is 0 Å². The van der Waals surface area contributed by atoms with E-state index in [4.69, 9.17) is 0 Å². The van der Waals surface area contributed by atoms with Crippen molar-refractivity contribution in [2.45, 2.75) is 11.8 Å². The molecule has 0 N–H and O–H groups in total. The molecule has 1 fully saturated rings. The van der Waals surface area contributed by atoms with E-state index in [1.54, 1.807) is 37.3 Å². The lowest BCUT2D eigenvalue weighted by Crippen LogP contribution is -2.50. The highest BCUT2D eigenvalue weighted by Gasteiger charge is 2.30. The maximum absolute atomic E-state index is 13.1. The Morgan fingerprint density at radius 3 is 2.54 bits per heavy atom. The van der Waals surface area contributed by atoms with Gasteiger partial charge in [0.05, 0.1) is 12.1 Å². The topological polar surface area (TPSA) is 73.8 Å². The third-order valence-corrected chi connectivity index (χ3v) is 6.55. The van der Waals surface area contributed by atoms with Gasteiger partial charge in [0.2, 0.25) is 15.9 Å². The van der Waals surface area contributed by atoms with E-state index >= 15 is 0 Å². The van der Waals surface area contributed by atoms with Crippen molar-refractivity contribution in [1.82, 2.24) is 19.1 Å². The average molecular weight is 376 g/mol. The highest BCUT2D eigenvalue weighted by Crippen LogP contribution is 2.25. The van der Waals surface area contributed by atoms with Crippen LogP contribution >= 0.6 is 0 Å². The summed E-state index contributed by atoms with van der Waals surface area (Å²) in [5, 5.41) is 0.821. The first-order valence-electron chi connectivity index (χ1n) is 8.57. The Balaban J connectivity index is 1.79. The predicted octanol–water partition coefficient (Wildman–Crippen LogP) is 0.938. The number of fused-ring (bicyclic) bond motifs is 1. The zero-order valence-electron chi connectivity index (χ0n) is 15.3. The van der Waals surface area contributed by atoms with Crippen molar-refractivity contribution in [3.8, 4) is 0 Å². The van der Waals surface area contributed by atoms with Gasteiger partial charge in [-0.25, -0.2) is 8.42 Å². The smallest absolute Gasteiger partial charge is 0.245 e. The molecule has 0 atom stereocenters. The second-order valence-electron chi connectivity index (χ2n) is 6.81. The van der Waals surface area contributed by atoms with E-state index in [1.165, 1.54) is 4.31 Å². The Morgan fingerprint density at radius 1 is 1.19 bits per heavy atom. The Kier molecular flexibility index (Phi) is 5.27. The first-order valence-corrected chi connectivity index (χ1v) is 10.0. The predicted molar refractivity (Wildman–Crippen MR) is 100 cm³/mol. The minimum atomic E-state index is -3.62. The van der Waals surface area contributed by atoms with Crippen molar-refractivity contribution in [2.75, 3.05) is 46.8 Å². The quantitative estimate of drug-likeness (QED) is 0.794. The number of sulfonamides is 1. The van der Waals surface area contributed by atoms with Crippen LogP contribution in [-0.2, 0) is 14.8 Å². The van der Waals surface area contributed by atoms with Crippen LogP contribution in [-0.4, -0.2) is 80.2 Å². The Bertz CT molecular complexity index is 919. The van der Waals surface area contributed by atoms with Gasteiger partial charge in [0.1, 0.15) is 4.90 Å². The van der Waals surface area contributed by atoms with Crippen molar-refractivity contribution < 1.29 is 13.2 Å². The molecular weight excluding hydrogens is 352 g/mol. The molecule has 0 unspecified atom stereocenters. The first kappa shape index (κ1) is 18.8. The number of hydrogen-bond acceptors (Lipinski definition) is 5. The molecule has 140 valence electrons. The SMILES string of the molecule is Cc1cnc2c(S(=O)(=O)N3CCN(CC(=O)N(C)C)CC3)cccc2c1.